The Labute approximate surface area is 178 Å². The van der Waals surface area contributed by atoms with E-state index < -0.39 is 0 Å². The van der Waals surface area contributed by atoms with Crippen molar-refractivity contribution in [2.45, 2.75) is 76.8 Å². The van der Waals surface area contributed by atoms with Gasteiger partial charge in [0.2, 0.25) is 5.95 Å². The van der Waals surface area contributed by atoms with Crippen LogP contribution in [0.15, 0.2) is 12.4 Å². The highest BCUT2D eigenvalue weighted by atomic mass is 35.5. The van der Waals surface area contributed by atoms with E-state index in [4.69, 9.17) is 16.6 Å². The standard InChI is InChI=1S/C22H33ClN6/c1-3-4-11-24-16-7-9-17(10-8-16)27-22-25-14-19(23)21(28-22)18-13-26-29(2)20(18)12-15-5-6-15/h13-17,24H,3-12H2,1-2H3,(H,25,27,28). The van der Waals surface area contributed by atoms with Crippen molar-refractivity contribution in [3.8, 4) is 11.3 Å². The summed E-state index contributed by atoms with van der Waals surface area (Å²) in [7, 11) is 2.00. The monoisotopic (exact) mass is 416 g/mol. The largest absolute Gasteiger partial charge is 0.351 e. The molecule has 2 heterocycles. The van der Waals surface area contributed by atoms with Crippen molar-refractivity contribution in [1.82, 2.24) is 25.1 Å². The molecule has 0 aromatic carbocycles. The van der Waals surface area contributed by atoms with Crippen LogP contribution >= 0.6 is 11.6 Å². The normalized spacial score (nSPS) is 22.0. The molecule has 0 atom stereocenters. The minimum Gasteiger partial charge on any atom is -0.351 e. The van der Waals surface area contributed by atoms with E-state index >= 15 is 0 Å². The van der Waals surface area contributed by atoms with Gasteiger partial charge in [-0.05, 0) is 63.8 Å². The van der Waals surface area contributed by atoms with Gasteiger partial charge in [-0.2, -0.15) is 5.10 Å². The van der Waals surface area contributed by atoms with Crippen LogP contribution in [-0.4, -0.2) is 38.4 Å². The van der Waals surface area contributed by atoms with Crippen molar-refractivity contribution in [2.24, 2.45) is 13.0 Å². The molecule has 2 aliphatic carbocycles. The third kappa shape index (κ3) is 5.28. The van der Waals surface area contributed by atoms with Crippen LogP contribution in [-0.2, 0) is 13.5 Å². The summed E-state index contributed by atoms with van der Waals surface area (Å²) in [6, 6.07) is 1.08. The van der Waals surface area contributed by atoms with Gasteiger partial charge >= 0.3 is 0 Å². The fraction of sp³-hybridized carbons (Fsp3) is 0.682. The van der Waals surface area contributed by atoms with Crippen molar-refractivity contribution in [2.75, 3.05) is 11.9 Å². The second-order valence-electron chi connectivity index (χ2n) is 8.67. The zero-order valence-electron chi connectivity index (χ0n) is 17.6. The Morgan fingerprint density at radius 1 is 1.10 bits per heavy atom. The van der Waals surface area contributed by atoms with Gasteiger partial charge in [-0.3, -0.25) is 4.68 Å². The molecule has 2 N–H and O–H groups in total. The SMILES string of the molecule is CCCCNC1CCC(Nc2ncc(Cl)c(-c3cnn(C)c3CC3CC3)n2)CC1. The Hall–Kier alpha value is -1.66. The predicted molar refractivity (Wildman–Crippen MR) is 118 cm³/mol. The number of rotatable bonds is 9. The van der Waals surface area contributed by atoms with Gasteiger partial charge in [-0.25, -0.2) is 9.97 Å². The van der Waals surface area contributed by atoms with Crippen molar-refractivity contribution in [3.05, 3.63) is 23.1 Å². The quantitative estimate of drug-likeness (QED) is 0.585. The predicted octanol–water partition coefficient (Wildman–Crippen LogP) is 4.60. The number of hydrogen-bond donors (Lipinski definition) is 2. The van der Waals surface area contributed by atoms with Crippen LogP contribution in [0.25, 0.3) is 11.3 Å². The minimum atomic E-state index is 0.424. The number of unbranched alkanes of at least 4 members (excludes halogenated alkanes) is 1. The molecule has 0 bridgehead atoms. The lowest BCUT2D eigenvalue weighted by Gasteiger charge is -2.29. The van der Waals surface area contributed by atoms with Crippen molar-refractivity contribution < 1.29 is 0 Å². The van der Waals surface area contributed by atoms with Crippen molar-refractivity contribution >= 4 is 17.5 Å². The number of nitrogens with one attached hydrogen (secondary N) is 2. The molecule has 2 aromatic heterocycles. The van der Waals surface area contributed by atoms with Crippen molar-refractivity contribution in [3.63, 3.8) is 0 Å². The molecule has 0 aliphatic heterocycles. The molecule has 6 nitrogen and oxygen atoms in total. The smallest absolute Gasteiger partial charge is 0.223 e. The molecule has 158 valence electrons. The average molecular weight is 417 g/mol. The maximum absolute atomic E-state index is 6.49. The van der Waals surface area contributed by atoms with Crippen molar-refractivity contribution in [1.29, 1.82) is 0 Å². The minimum absolute atomic E-state index is 0.424. The highest BCUT2D eigenvalue weighted by molar-refractivity contribution is 6.32. The number of nitrogens with zero attached hydrogens (tertiary/aromatic N) is 4. The molecule has 0 unspecified atom stereocenters. The third-order valence-corrected chi connectivity index (χ3v) is 6.54. The van der Waals surface area contributed by atoms with Crippen LogP contribution in [0.3, 0.4) is 0 Å². The van der Waals surface area contributed by atoms with Gasteiger partial charge in [-0.15, -0.1) is 0 Å². The molecule has 29 heavy (non-hydrogen) atoms. The molecule has 0 spiro atoms. The van der Waals surface area contributed by atoms with E-state index in [0.717, 1.165) is 43.0 Å². The summed E-state index contributed by atoms with van der Waals surface area (Å²) < 4.78 is 1.96. The Balaban J connectivity index is 1.41. The number of aromatic nitrogens is 4. The van der Waals surface area contributed by atoms with Gasteiger partial charge in [0, 0.05) is 30.4 Å². The number of aryl methyl sites for hydroxylation is 1. The average Bonchev–Trinajstić information content (AvgIpc) is 3.48. The first-order chi connectivity index (χ1) is 14.1. The van der Waals surface area contributed by atoms with Gasteiger partial charge in [0.15, 0.2) is 0 Å². The fourth-order valence-corrected chi connectivity index (χ4v) is 4.42. The molecule has 2 aliphatic rings. The lowest BCUT2D eigenvalue weighted by molar-refractivity contribution is 0.352. The van der Waals surface area contributed by atoms with Gasteiger partial charge in [-0.1, -0.05) is 24.9 Å². The van der Waals surface area contributed by atoms with Crippen LogP contribution in [0.4, 0.5) is 5.95 Å². The van der Waals surface area contributed by atoms with E-state index in [1.54, 1.807) is 6.20 Å². The summed E-state index contributed by atoms with van der Waals surface area (Å²) in [6.07, 6.45) is 14.5. The Morgan fingerprint density at radius 2 is 1.86 bits per heavy atom. The number of anilines is 1. The molecular formula is C22H33ClN6. The van der Waals surface area contributed by atoms with E-state index in [1.165, 1.54) is 44.2 Å². The summed E-state index contributed by atoms with van der Waals surface area (Å²) >= 11 is 6.49. The zero-order valence-corrected chi connectivity index (χ0v) is 18.4. The number of halogens is 1. The highest BCUT2D eigenvalue weighted by Gasteiger charge is 2.26. The summed E-state index contributed by atoms with van der Waals surface area (Å²) in [5.74, 6) is 1.46. The van der Waals surface area contributed by atoms with Gasteiger partial charge in [0.05, 0.1) is 23.1 Å². The van der Waals surface area contributed by atoms with Gasteiger partial charge in [0.1, 0.15) is 0 Å². The maximum atomic E-state index is 6.49. The summed E-state index contributed by atoms with van der Waals surface area (Å²) in [5.41, 5.74) is 3.05. The van der Waals surface area contributed by atoms with E-state index in [1.807, 2.05) is 17.9 Å². The second kappa shape index (κ2) is 9.43. The fourth-order valence-electron chi connectivity index (χ4n) is 4.23. The summed E-state index contributed by atoms with van der Waals surface area (Å²) in [4.78, 5) is 9.25. The van der Waals surface area contributed by atoms with E-state index in [2.05, 4.69) is 27.6 Å². The topological polar surface area (TPSA) is 67.7 Å². The molecule has 2 fully saturated rings. The van der Waals surface area contributed by atoms with E-state index in [9.17, 15) is 0 Å². The van der Waals surface area contributed by atoms with Crippen LogP contribution in [0.5, 0.6) is 0 Å². The maximum Gasteiger partial charge on any atom is 0.223 e. The third-order valence-electron chi connectivity index (χ3n) is 6.26. The van der Waals surface area contributed by atoms with Gasteiger partial charge in [0.25, 0.3) is 0 Å². The molecule has 0 saturated heterocycles. The Morgan fingerprint density at radius 3 is 2.59 bits per heavy atom. The highest BCUT2D eigenvalue weighted by Crippen LogP contribution is 2.37. The van der Waals surface area contributed by atoms with Crippen LogP contribution in [0.1, 0.15) is 64.0 Å². The molecule has 7 heteroatoms. The Kier molecular flexibility index (Phi) is 6.70. The molecule has 0 radical (unpaired) electrons. The first-order valence-corrected chi connectivity index (χ1v) is 11.6. The molecular weight excluding hydrogens is 384 g/mol. The second-order valence-corrected chi connectivity index (χ2v) is 9.07. The lowest BCUT2D eigenvalue weighted by atomic mass is 9.91. The molecule has 2 saturated carbocycles. The molecule has 2 aromatic rings. The van der Waals surface area contributed by atoms with Crippen LogP contribution < -0.4 is 10.6 Å². The number of hydrogen-bond acceptors (Lipinski definition) is 5. The summed E-state index contributed by atoms with van der Waals surface area (Å²) in [6.45, 7) is 3.38. The first-order valence-electron chi connectivity index (χ1n) is 11.2. The lowest BCUT2D eigenvalue weighted by Crippen LogP contribution is -2.37. The summed E-state index contributed by atoms with van der Waals surface area (Å²) in [5, 5.41) is 12.3. The van der Waals surface area contributed by atoms with Gasteiger partial charge < -0.3 is 10.6 Å². The van der Waals surface area contributed by atoms with E-state index in [-0.39, 0.29) is 0 Å². The zero-order chi connectivity index (χ0) is 20.2. The van der Waals surface area contributed by atoms with Crippen LogP contribution in [0.2, 0.25) is 5.02 Å². The first kappa shape index (κ1) is 20.6. The molecule has 0 amide bonds. The van der Waals surface area contributed by atoms with Crippen LogP contribution in [0, 0.1) is 5.92 Å². The Bertz CT molecular complexity index is 808. The van der Waals surface area contributed by atoms with E-state index in [0.29, 0.717) is 23.1 Å². The molecule has 4 rings (SSSR count).